The molecule has 1 aliphatic heterocycles. The van der Waals surface area contributed by atoms with Gasteiger partial charge in [-0.15, -0.1) is 0 Å². The zero-order valence-electron chi connectivity index (χ0n) is 11.1. The maximum Gasteiger partial charge on any atom is 0.100 e. The summed E-state index contributed by atoms with van der Waals surface area (Å²) in [6.45, 7) is 6.27. The van der Waals surface area contributed by atoms with Gasteiger partial charge >= 0.3 is 0 Å². The van der Waals surface area contributed by atoms with Crippen molar-refractivity contribution in [3.63, 3.8) is 0 Å². The molecule has 1 saturated heterocycles. The van der Waals surface area contributed by atoms with Crippen molar-refractivity contribution < 1.29 is 9.47 Å². The van der Waals surface area contributed by atoms with Crippen LogP contribution in [0.5, 0.6) is 0 Å². The SMILES string of the molecule is CNC(c1cc(C)c(Br)cc1C)C1COCCO1. The first-order valence-corrected chi connectivity index (χ1v) is 7.06. The quantitative estimate of drug-likeness (QED) is 0.930. The summed E-state index contributed by atoms with van der Waals surface area (Å²) < 4.78 is 12.5. The molecule has 2 rings (SSSR count). The van der Waals surface area contributed by atoms with E-state index in [4.69, 9.17) is 9.47 Å². The van der Waals surface area contributed by atoms with Gasteiger partial charge in [0.15, 0.2) is 0 Å². The van der Waals surface area contributed by atoms with Crippen LogP contribution >= 0.6 is 15.9 Å². The Labute approximate surface area is 117 Å². The standard InChI is InChI=1S/C14H20BrNO2/c1-9-7-12(15)10(2)6-11(9)14(16-3)13-8-17-4-5-18-13/h6-7,13-14,16H,4-5,8H2,1-3H3. The van der Waals surface area contributed by atoms with E-state index in [2.05, 4.69) is 47.2 Å². The van der Waals surface area contributed by atoms with Gasteiger partial charge < -0.3 is 14.8 Å². The van der Waals surface area contributed by atoms with Gasteiger partial charge in [-0.25, -0.2) is 0 Å². The van der Waals surface area contributed by atoms with Crippen molar-refractivity contribution in [3.05, 3.63) is 33.3 Å². The number of rotatable bonds is 3. The van der Waals surface area contributed by atoms with E-state index in [-0.39, 0.29) is 12.1 Å². The fourth-order valence-electron chi connectivity index (χ4n) is 2.38. The number of hydrogen-bond acceptors (Lipinski definition) is 3. The van der Waals surface area contributed by atoms with Crippen LogP contribution in [-0.4, -0.2) is 33.0 Å². The van der Waals surface area contributed by atoms with Gasteiger partial charge in [-0.3, -0.25) is 0 Å². The van der Waals surface area contributed by atoms with Gasteiger partial charge in [-0.1, -0.05) is 22.0 Å². The van der Waals surface area contributed by atoms with E-state index in [1.54, 1.807) is 0 Å². The maximum atomic E-state index is 5.81. The first kappa shape index (κ1) is 14.0. The van der Waals surface area contributed by atoms with Crippen LogP contribution < -0.4 is 5.32 Å². The Balaban J connectivity index is 2.28. The summed E-state index contributed by atoms with van der Waals surface area (Å²) in [4.78, 5) is 0. The lowest BCUT2D eigenvalue weighted by molar-refractivity contribution is -0.101. The number of benzene rings is 1. The predicted molar refractivity (Wildman–Crippen MR) is 76.0 cm³/mol. The smallest absolute Gasteiger partial charge is 0.100 e. The first-order valence-electron chi connectivity index (χ1n) is 6.26. The van der Waals surface area contributed by atoms with Crippen LogP contribution in [0.25, 0.3) is 0 Å². The Morgan fingerprint density at radius 3 is 2.67 bits per heavy atom. The normalized spacial score (nSPS) is 21.9. The van der Waals surface area contributed by atoms with Gasteiger partial charge in [0, 0.05) is 4.47 Å². The van der Waals surface area contributed by atoms with Gasteiger partial charge in [0.25, 0.3) is 0 Å². The molecule has 0 saturated carbocycles. The Bertz CT molecular complexity index is 417. The molecule has 0 aromatic heterocycles. The summed E-state index contributed by atoms with van der Waals surface area (Å²) in [5.74, 6) is 0. The minimum Gasteiger partial charge on any atom is -0.376 e. The van der Waals surface area contributed by atoms with Crippen LogP contribution in [0.2, 0.25) is 0 Å². The Hall–Kier alpha value is -0.420. The molecule has 0 radical (unpaired) electrons. The Kier molecular flexibility index (Phi) is 4.78. The highest BCUT2D eigenvalue weighted by Crippen LogP contribution is 2.28. The number of likely N-dealkylation sites (N-methyl/N-ethyl adjacent to an activating group) is 1. The molecular weight excluding hydrogens is 294 g/mol. The van der Waals surface area contributed by atoms with Crippen LogP contribution in [-0.2, 0) is 9.47 Å². The zero-order valence-corrected chi connectivity index (χ0v) is 12.7. The van der Waals surface area contributed by atoms with Crippen molar-refractivity contribution in [1.82, 2.24) is 5.32 Å². The molecule has 0 aliphatic carbocycles. The third-order valence-electron chi connectivity index (χ3n) is 3.41. The van der Waals surface area contributed by atoms with Crippen LogP contribution in [0.1, 0.15) is 22.7 Å². The van der Waals surface area contributed by atoms with Gasteiger partial charge in [0.2, 0.25) is 0 Å². The fourth-order valence-corrected chi connectivity index (χ4v) is 2.84. The number of hydrogen-bond donors (Lipinski definition) is 1. The van der Waals surface area contributed by atoms with E-state index >= 15 is 0 Å². The maximum absolute atomic E-state index is 5.81. The summed E-state index contributed by atoms with van der Waals surface area (Å²) >= 11 is 3.57. The van der Waals surface area contributed by atoms with Gasteiger partial charge in [0.05, 0.1) is 25.9 Å². The molecule has 2 atom stereocenters. The first-order chi connectivity index (χ1) is 8.63. The second-order valence-electron chi connectivity index (χ2n) is 4.71. The number of nitrogens with one attached hydrogen (secondary N) is 1. The Morgan fingerprint density at radius 2 is 2.06 bits per heavy atom. The van der Waals surface area contributed by atoms with Crippen LogP contribution in [0.4, 0.5) is 0 Å². The summed E-state index contributed by atoms with van der Waals surface area (Å²) in [7, 11) is 1.97. The summed E-state index contributed by atoms with van der Waals surface area (Å²) in [6.07, 6.45) is 0.0861. The van der Waals surface area contributed by atoms with Crippen molar-refractivity contribution in [1.29, 1.82) is 0 Å². The molecule has 1 aromatic rings. The highest BCUT2D eigenvalue weighted by Gasteiger charge is 2.26. The van der Waals surface area contributed by atoms with Crippen LogP contribution in [0, 0.1) is 13.8 Å². The average molecular weight is 314 g/mol. The summed E-state index contributed by atoms with van der Waals surface area (Å²) in [5, 5.41) is 3.36. The average Bonchev–Trinajstić information content (AvgIpc) is 2.38. The molecule has 1 fully saturated rings. The minimum absolute atomic E-state index is 0.0861. The lowest BCUT2D eigenvalue weighted by Gasteiger charge is -2.31. The predicted octanol–water partition coefficient (Wildman–Crippen LogP) is 2.74. The van der Waals surface area contributed by atoms with E-state index in [0.717, 1.165) is 4.47 Å². The summed E-state index contributed by atoms with van der Waals surface area (Å²) in [6, 6.07) is 4.56. The zero-order chi connectivity index (χ0) is 13.1. The van der Waals surface area contributed by atoms with Crippen molar-refractivity contribution in [3.8, 4) is 0 Å². The molecular formula is C14H20BrNO2. The molecule has 0 spiro atoms. The van der Waals surface area contributed by atoms with E-state index in [1.165, 1.54) is 16.7 Å². The minimum atomic E-state index is 0.0861. The van der Waals surface area contributed by atoms with E-state index in [1.807, 2.05) is 7.05 Å². The monoisotopic (exact) mass is 313 g/mol. The molecule has 3 nitrogen and oxygen atoms in total. The molecule has 1 heterocycles. The lowest BCUT2D eigenvalue weighted by atomic mass is 9.95. The lowest BCUT2D eigenvalue weighted by Crippen LogP contribution is -2.39. The molecule has 1 N–H and O–H groups in total. The van der Waals surface area contributed by atoms with Crippen LogP contribution in [0.15, 0.2) is 16.6 Å². The Morgan fingerprint density at radius 1 is 1.28 bits per heavy atom. The molecule has 1 aromatic carbocycles. The number of aryl methyl sites for hydroxylation is 2. The highest BCUT2D eigenvalue weighted by atomic mass is 79.9. The molecule has 1 aliphatic rings. The summed E-state index contributed by atoms with van der Waals surface area (Å²) in [5.41, 5.74) is 3.79. The topological polar surface area (TPSA) is 30.5 Å². The molecule has 2 unspecified atom stereocenters. The molecule has 4 heteroatoms. The third-order valence-corrected chi connectivity index (χ3v) is 4.26. The second kappa shape index (κ2) is 6.15. The van der Waals surface area contributed by atoms with Crippen molar-refractivity contribution in [2.45, 2.75) is 26.0 Å². The molecule has 18 heavy (non-hydrogen) atoms. The van der Waals surface area contributed by atoms with Gasteiger partial charge in [-0.2, -0.15) is 0 Å². The molecule has 100 valence electrons. The van der Waals surface area contributed by atoms with E-state index in [9.17, 15) is 0 Å². The van der Waals surface area contributed by atoms with Crippen molar-refractivity contribution in [2.75, 3.05) is 26.9 Å². The number of halogens is 1. The largest absolute Gasteiger partial charge is 0.376 e. The van der Waals surface area contributed by atoms with E-state index in [0.29, 0.717) is 19.8 Å². The van der Waals surface area contributed by atoms with Crippen molar-refractivity contribution in [2.24, 2.45) is 0 Å². The third kappa shape index (κ3) is 2.94. The second-order valence-corrected chi connectivity index (χ2v) is 5.56. The molecule has 0 bridgehead atoms. The highest BCUT2D eigenvalue weighted by molar-refractivity contribution is 9.10. The van der Waals surface area contributed by atoms with Gasteiger partial charge in [0.1, 0.15) is 6.10 Å². The van der Waals surface area contributed by atoms with Crippen molar-refractivity contribution >= 4 is 15.9 Å². The van der Waals surface area contributed by atoms with E-state index < -0.39 is 0 Å². The van der Waals surface area contributed by atoms with Gasteiger partial charge in [-0.05, 0) is 43.7 Å². The van der Waals surface area contributed by atoms with Crippen LogP contribution in [0.3, 0.4) is 0 Å². The fraction of sp³-hybridized carbons (Fsp3) is 0.571. The number of ether oxygens (including phenoxy) is 2. The molecule has 0 amide bonds.